The number of fused-ring (bicyclic) bond motifs is 1. The fraction of sp³-hybridized carbons (Fsp3) is 0.294. The third kappa shape index (κ3) is 4.33. The maximum absolute atomic E-state index is 12.3. The molecule has 0 fully saturated rings. The van der Waals surface area contributed by atoms with Crippen LogP contribution in [0.3, 0.4) is 0 Å². The molecule has 3 aromatic heterocycles. The molecular weight excluding hydrogens is 440 g/mol. The lowest BCUT2D eigenvalue weighted by molar-refractivity contribution is -0.141. The fourth-order valence-electron chi connectivity index (χ4n) is 2.85. The highest BCUT2D eigenvalue weighted by Crippen LogP contribution is 2.28. The van der Waals surface area contributed by atoms with Crippen molar-refractivity contribution in [1.82, 2.24) is 9.97 Å². The van der Waals surface area contributed by atoms with Crippen molar-refractivity contribution in [1.29, 1.82) is 0 Å². The second-order valence-corrected chi connectivity index (χ2v) is 10.8. The number of sulfone groups is 1. The predicted molar refractivity (Wildman–Crippen MR) is 104 cm³/mol. The van der Waals surface area contributed by atoms with Gasteiger partial charge >= 0.3 is 5.97 Å². The molecule has 0 radical (unpaired) electrons. The Hall–Kier alpha value is -1.71. The van der Waals surface area contributed by atoms with Gasteiger partial charge in [0.1, 0.15) is 9.86 Å². The van der Waals surface area contributed by atoms with Crippen molar-refractivity contribution < 1.29 is 18.3 Å². The van der Waals surface area contributed by atoms with E-state index in [0.717, 1.165) is 20.4 Å². The largest absolute Gasteiger partial charge is 0.481 e. The first-order valence-corrected chi connectivity index (χ1v) is 11.2. The zero-order chi connectivity index (χ0) is 18.7. The molecule has 0 aliphatic carbocycles. The molecule has 0 saturated heterocycles. The molecule has 9 heteroatoms. The van der Waals surface area contributed by atoms with Crippen LogP contribution in [0.5, 0.6) is 0 Å². The second kappa shape index (κ2) is 7.89. The SMILES string of the molecule is O=C(O)C(CCCS(=O)(=O)c1ccc(Br)s1)Cc1c[nH]c2ncccc12. The standard InChI is InChI=1S/C17H17BrN2O4S2/c18-14-5-6-15(25-14)26(23,24)8-2-3-11(17(21)22)9-12-10-20-16-13(12)4-1-7-19-16/h1,4-7,10-11H,2-3,8-9H2,(H,19,20)(H,21,22). The van der Waals surface area contributed by atoms with E-state index in [9.17, 15) is 18.3 Å². The normalized spacial score (nSPS) is 13.1. The van der Waals surface area contributed by atoms with Gasteiger partial charge in [-0.25, -0.2) is 13.4 Å². The number of H-pyrrole nitrogens is 1. The Morgan fingerprint density at radius 2 is 2.15 bits per heavy atom. The maximum Gasteiger partial charge on any atom is 0.306 e. The van der Waals surface area contributed by atoms with Crippen LogP contribution in [-0.4, -0.2) is 35.2 Å². The number of rotatable bonds is 8. The van der Waals surface area contributed by atoms with Crippen molar-refractivity contribution in [3.63, 3.8) is 0 Å². The Bertz CT molecular complexity index is 1030. The number of halogens is 1. The summed E-state index contributed by atoms with van der Waals surface area (Å²) in [6.45, 7) is 0. The molecule has 1 atom stereocenters. The summed E-state index contributed by atoms with van der Waals surface area (Å²) < 4.78 is 25.7. The number of aromatic nitrogens is 2. The Kier molecular flexibility index (Phi) is 5.79. The van der Waals surface area contributed by atoms with Crippen LogP contribution in [0.15, 0.2) is 44.7 Å². The van der Waals surface area contributed by atoms with Gasteiger partial charge in [-0.05, 0) is 65.0 Å². The number of nitrogens with zero attached hydrogens (tertiary/aromatic N) is 1. The highest BCUT2D eigenvalue weighted by molar-refractivity contribution is 9.11. The lowest BCUT2D eigenvalue weighted by Crippen LogP contribution is -2.18. The molecule has 0 aromatic carbocycles. The lowest BCUT2D eigenvalue weighted by Gasteiger charge is -2.11. The highest BCUT2D eigenvalue weighted by Gasteiger charge is 2.22. The number of carboxylic acid groups (broad SMARTS) is 1. The zero-order valence-corrected chi connectivity index (χ0v) is 16.9. The molecule has 26 heavy (non-hydrogen) atoms. The van der Waals surface area contributed by atoms with Gasteiger partial charge in [0.05, 0.1) is 15.5 Å². The first kappa shape index (κ1) is 19.1. The molecular formula is C17H17BrN2O4S2. The summed E-state index contributed by atoms with van der Waals surface area (Å²) in [4.78, 5) is 18.8. The van der Waals surface area contributed by atoms with Crippen molar-refractivity contribution in [2.24, 2.45) is 5.92 Å². The number of aromatic amines is 1. The van der Waals surface area contributed by atoms with E-state index < -0.39 is 21.7 Å². The van der Waals surface area contributed by atoms with Crippen LogP contribution in [0.2, 0.25) is 0 Å². The van der Waals surface area contributed by atoms with E-state index in [4.69, 9.17) is 0 Å². The summed E-state index contributed by atoms with van der Waals surface area (Å²) in [6.07, 6.45) is 4.38. The van der Waals surface area contributed by atoms with Gasteiger partial charge in [-0.3, -0.25) is 4.79 Å². The number of hydrogen-bond acceptors (Lipinski definition) is 5. The average Bonchev–Trinajstić information content (AvgIpc) is 3.21. The number of thiophene rings is 1. The third-order valence-electron chi connectivity index (χ3n) is 4.17. The van der Waals surface area contributed by atoms with Gasteiger partial charge in [0.2, 0.25) is 0 Å². The number of nitrogens with one attached hydrogen (secondary N) is 1. The Morgan fingerprint density at radius 1 is 1.35 bits per heavy atom. The summed E-state index contributed by atoms with van der Waals surface area (Å²) in [5.74, 6) is -1.61. The minimum absolute atomic E-state index is 0.0564. The van der Waals surface area contributed by atoms with Gasteiger partial charge in [0.25, 0.3) is 0 Å². The van der Waals surface area contributed by atoms with E-state index in [1.54, 1.807) is 30.6 Å². The van der Waals surface area contributed by atoms with Gasteiger partial charge in [-0.2, -0.15) is 0 Å². The molecule has 2 N–H and O–H groups in total. The average molecular weight is 457 g/mol. The summed E-state index contributed by atoms with van der Waals surface area (Å²) in [5.41, 5.74) is 1.60. The molecule has 0 aliphatic heterocycles. The van der Waals surface area contributed by atoms with Crippen molar-refractivity contribution in [3.8, 4) is 0 Å². The lowest BCUT2D eigenvalue weighted by atomic mass is 9.95. The minimum Gasteiger partial charge on any atom is -0.481 e. The molecule has 0 amide bonds. The number of hydrogen-bond donors (Lipinski definition) is 2. The predicted octanol–water partition coefficient (Wildman–Crippen LogP) is 3.88. The minimum atomic E-state index is -3.38. The first-order chi connectivity index (χ1) is 12.4. The highest BCUT2D eigenvalue weighted by atomic mass is 79.9. The number of aliphatic carboxylic acids is 1. The van der Waals surface area contributed by atoms with Crippen molar-refractivity contribution in [2.75, 3.05) is 5.75 Å². The number of carboxylic acids is 1. The summed E-state index contributed by atoms with van der Waals surface area (Å²) in [7, 11) is -3.38. The number of carbonyl (C=O) groups is 1. The first-order valence-electron chi connectivity index (χ1n) is 7.99. The molecule has 0 saturated carbocycles. The van der Waals surface area contributed by atoms with Crippen LogP contribution in [0.1, 0.15) is 18.4 Å². The van der Waals surface area contributed by atoms with Crippen molar-refractivity contribution in [3.05, 3.63) is 46.0 Å². The molecule has 3 rings (SSSR count). The van der Waals surface area contributed by atoms with Crippen LogP contribution in [0.25, 0.3) is 11.0 Å². The Morgan fingerprint density at radius 3 is 2.85 bits per heavy atom. The monoisotopic (exact) mass is 456 g/mol. The van der Waals surface area contributed by atoms with Gasteiger partial charge in [-0.15, -0.1) is 11.3 Å². The topological polar surface area (TPSA) is 100 Å². The molecule has 1 unspecified atom stereocenters. The molecule has 0 bridgehead atoms. The van der Waals surface area contributed by atoms with Crippen molar-refractivity contribution >= 4 is 54.1 Å². The summed E-state index contributed by atoms with van der Waals surface area (Å²) in [6, 6.07) is 6.97. The van der Waals surface area contributed by atoms with Crippen LogP contribution in [0.4, 0.5) is 0 Å². The van der Waals surface area contributed by atoms with E-state index in [2.05, 4.69) is 25.9 Å². The van der Waals surface area contributed by atoms with E-state index in [1.807, 2.05) is 6.07 Å². The van der Waals surface area contributed by atoms with Crippen LogP contribution >= 0.6 is 27.3 Å². The second-order valence-electron chi connectivity index (χ2n) is 5.97. The van der Waals surface area contributed by atoms with Gasteiger partial charge in [0, 0.05) is 17.8 Å². The van der Waals surface area contributed by atoms with E-state index in [-0.39, 0.29) is 5.75 Å². The van der Waals surface area contributed by atoms with E-state index in [0.29, 0.717) is 23.5 Å². The smallest absolute Gasteiger partial charge is 0.306 e. The Balaban J connectivity index is 1.65. The van der Waals surface area contributed by atoms with Gasteiger partial charge < -0.3 is 10.1 Å². The van der Waals surface area contributed by atoms with Crippen LogP contribution in [0, 0.1) is 5.92 Å². The fourth-order valence-corrected chi connectivity index (χ4v) is 6.34. The molecule has 3 aromatic rings. The van der Waals surface area contributed by atoms with Gasteiger partial charge in [-0.1, -0.05) is 0 Å². The zero-order valence-electron chi connectivity index (χ0n) is 13.7. The molecule has 0 aliphatic rings. The van der Waals surface area contributed by atoms with E-state index in [1.165, 1.54) is 11.3 Å². The van der Waals surface area contributed by atoms with Crippen molar-refractivity contribution in [2.45, 2.75) is 23.5 Å². The summed E-state index contributed by atoms with van der Waals surface area (Å²) in [5, 5.41) is 10.4. The molecule has 6 nitrogen and oxygen atoms in total. The third-order valence-corrected chi connectivity index (χ3v) is 8.18. The summed E-state index contributed by atoms with van der Waals surface area (Å²) >= 11 is 4.42. The molecule has 3 heterocycles. The molecule has 138 valence electrons. The van der Waals surface area contributed by atoms with Crippen LogP contribution < -0.4 is 0 Å². The maximum atomic E-state index is 12.3. The molecule has 0 spiro atoms. The number of pyridine rings is 1. The Labute approximate surface area is 163 Å². The van der Waals surface area contributed by atoms with Crippen LogP contribution in [-0.2, 0) is 21.1 Å². The quantitative estimate of drug-likeness (QED) is 0.535. The van der Waals surface area contributed by atoms with Gasteiger partial charge in [0.15, 0.2) is 9.84 Å². The van der Waals surface area contributed by atoms with E-state index >= 15 is 0 Å².